The van der Waals surface area contributed by atoms with Crippen LogP contribution in [0.4, 0.5) is 4.79 Å². The maximum Gasteiger partial charge on any atom is 0.408 e. The number of carbonyl (C=O) groups is 1. The molecule has 0 heterocycles. The van der Waals surface area contributed by atoms with Gasteiger partial charge in [-0.3, -0.25) is 0 Å². The number of hydrogen-bond acceptors (Lipinski definition) is 3. The number of rotatable bonds is 6. The van der Waals surface area contributed by atoms with Crippen molar-refractivity contribution in [3.63, 3.8) is 0 Å². The summed E-state index contributed by atoms with van der Waals surface area (Å²) in [5, 5.41) is 6.67. The van der Waals surface area contributed by atoms with Gasteiger partial charge in [0.25, 0.3) is 0 Å². The molecule has 2 N–H and O–H groups in total. The van der Waals surface area contributed by atoms with Crippen LogP contribution in [0.2, 0.25) is 0 Å². The van der Waals surface area contributed by atoms with E-state index in [1.807, 2.05) is 20.8 Å². The summed E-state index contributed by atoms with van der Waals surface area (Å²) < 4.78 is 5.39. The van der Waals surface area contributed by atoms with E-state index in [1.165, 1.54) is 44.9 Å². The van der Waals surface area contributed by atoms with Crippen molar-refractivity contribution < 1.29 is 9.53 Å². The first-order chi connectivity index (χ1) is 10.4. The van der Waals surface area contributed by atoms with Gasteiger partial charge in [0.2, 0.25) is 0 Å². The third kappa shape index (κ3) is 5.79. The molecular formula is C18H34N2O2. The van der Waals surface area contributed by atoms with Crippen molar-refractivity contribution >= 4 is 6.09 Å². The molecule has 4 nitrogen and oxygen atoms in total. The molecule has 0 aliphatic heterocycles. The van der Waals surface area contributed by atoms with Gasteiger partial charge < -0.3 is 15.4 Å². The SMILES string of the molecule is CC(C)(C)OC(=O)NC1(CNCCC2CCCCC2)CCC1. The first-order valence-electron chi connectivity index (χ1n) is 9.10. The summed E-state index contributed by atoms with van der Waals surface area (Å²) in [4.78, 5) is 12.0. The van der Waals surface area contributed by atoms with Crippen molar-refractivity contribution in [1.82, 2.24) is 10.6 Å². The average molecular weight is 310 g/mol. The van der Waals surface area contributed by atoms with Crippen molar-refractivity contribution in [3.8, 4) is 0 Å². The topological polar surface area (TPSA) is 50.4 Å². The zero-order valence-electron chi connectivity index (χ0n) is 14.7. The maximum absolute atomic E-state index is 12.0. The zero-order chi connectivity index (χ0) is 16.1. The molecule has 0 bridgehead atoms. The molecule has 0 spiro atoms. The Morgan fingerprint density at radius 3 is 2.36 bits per heavy atom. The Labute approximate surface area is 135 Å². The quantitative estimate of drug-likeness (QED) is 0.729. The fourth-order valence-electron chi connectivity index (χ4n) is 3.58. The van der Waals surface area contributed by atoms with Crippen LogP contribution in [-0.2, 0) is 4.74 Å². The van der Waals surface area contributed by atoms with Gasteiger partial charge >= 0.3 is 6.09 Å². The summed E-state index contributed by atoms with van der Waals surface area (Å²) in [7, 11) is 0. The van der Waals surface area contributed by atoms with E-state index in [0.29, 0.717) is 0 Å². The highest BCUT2D eigenvalue weighted by Gasteiger charge is 2.39. The lowest BCUT2D eigenvalue weighted by atomic mass is 9.76. The van der Waals surface area contributed by atoms with Gasteiger partial charge in [0, 0.05) is 6.54 Å². The van der Waals surface area contributed by atoms with Crippen LogP contribution in [0.15, 0.2) is 0 Å². The molecule has 0 unspecified atom stereocenters. The van der Waals surface area contributed by atoms with Crippen molar-refractivity contribution in [2.75, 3.05) is 13.1 Å². The Hall–Kier alpha value is -0.770. The molecule has 0 radical (unpaired) electrons. The van der Waals surface area contributed by atoms with Crippen LogP contribution >= 0.6 is 0 Å². The number of nitrogens with one attached hydrogen (secondary N) is 2. The highest BCUT2D eigenvalue weighted by Crippen LogP contribution is 2.32. The van der Waals surface area contributed by atoms with Crippen molar-refractivity contribution in [3.05, 3.63) is 0 Å². The van der Waals surface area contributed by atoms with Crippen molar-refractivity contribution in [2.24, 2.45) is 5.92 Å². The molecule has 22 heavy (non-hydrogen) atoms. The standard InChI is InChI=1S/C18H34N2O2/c1-17(2,3)22-16(21)20-18(11-7-12-18)14-19-13-10-15-8-5-4-6-9-15/h15,19H,4-14H2,1-3H3,(H,20,21). The lowest BCUT2D eigenvalue weighted by Crippen LogP contribution is -2.60. The summed E-state index contributed by atoms with van der Waals surface area (Å²) in [5.74, 6) is 0.914. The van der Waals surface area contributed by atoms with Crippen molar-refractivity contribution in [2.45, 2.75) is 89.7 Å². The average Bonchev–Trinajstić information content (AvgIpc) is 2.39. The molecule has 128 valence electrons. The Morgan fingerprint density at radius 1 is 1.14 bits per heavy atom. The lowest BCUT2D eigenvalue weighted by Gasteiger charge is -2.43. The minimum absolute atomic E-state index is 0.0745. The molecule has 0 aromatic rings. The molecule has 0 atom stereocenters. The van der Waals surface area contributed by atoms with Gasteiger partial charge in [-0.05, 0) is 58.9 Å². The van der Waals surface area contributed by atoms with Gasteiger partial charge in [0.1, 0.15) is 5.60 Å². The van der Waals surface area contributed by atoms with Gasteiger partial charge in [-0.15, -0.1) is 0 Å². The normalized spacial score (nSPS) is 22.0. The Morgan fingerprint density at radius 2 is 1.82 bits per heavy atom. The van der Waals surface area contributed by atoms with Gasteiger partial charge in [0.15, 0.2) is 0 Å². The van der Waals surface area contributed by atoms with E-state index >= 15 is 0 Å². The fraction of sp³-hybridized carbons (Fsp3) is 0.944. The summed E-state index contributed by atoms with van der Waals surface area (Å²) in [6.07, 6.45) is 11.4. The number of carbonyl (C=O) groups excluding carboxylic acids is 1. The van der Waals surface area contributed by atoms with E-state index in [-0.39, 0.29) is 11.6 Å². The highest BCUT2D eigenvalue weighted by atomic mass is 16.6. The Bertz CT molecular complexity index is 353. The van der Waals surface area contributed by atoms with Crippen LogP contribution in [-0.4, -0.2) is 30.3 Å². The first-order valence-corrected chi connectivity index (χ1v) is 9.10. The largest absolute Gasteiger partial charge is 0.444 e. The van der Waals surface area contributed by atoms with E-state index in [2.05, 4.69) is 10.6 Å². The number of alkyl carbamates (subject to hydrolysis) is 1. The van der Waals surface area contributed by atoms with Crippen LogP contribution < -0.4 is 10.6 Å². The Kier molecular flexibility index (Phi) is 6.13. The third-order valence-electron chi connectivity index (χ3n) is 4.99. The van der Waals surface area contributed by atoms with Crippen LogP contribution in [0.3, 0.4) is 0 Å². The minimum Gasteiger partial charge on any atom is -0.444 e. The van der Waals surface area contributed by atoms with Gasteiger partial charge in [-0.1, -0.05) is 32.1 Å². The second-order valence-electron chi connectivity index (χ2n) is 8.23. The smallest absolute Gasteiger partial charge is 0.408 e. The first kappa shape index (κ1) is 17.6. The van der Waals surface area contributed by atoms with Gasteiger partial charge in [0.05, 0.1) is 5.54 Å². The molecule has 2 aliphatic carbocycles. The van der Waals surface area contributed by atoms with E-state index in [0.717, 1.165) is 31.8 Å². The van der Waals surface area contributed by atoms with Crippen LogP contribution in [0.5, 0.6) is 0 Å². The maximum atomic E-state index is 12.0. The number of ether oxygens (including phenoxy) is 1. The van der Waals surface area contributed by atoms with E-state index in [4.69, 9.17) is 4.74 Å². The predicted octanol–water partition coefficient (Wildman–Crippen LogP) is 3.99. The fourth-order valence-corrected chi connectivity index (χ4v) is 3.58. The van der Waals surface area contributed by atoms with Crippen LogP contribution in [0.25, 0.3) is 0 Å². The van der Waals surface area contributed by atoms with Crippen LogP contribution in [0.1, 0.15) is 78.6 Å². The molecule has 0 saturated heterocycles. The molecule has 4 heteroatoms. The third-order valence-corrected chi connectivity index (χ3v) is 4.99. The Balaban J connectivity index is 1.66. The highest BCUT2D eigenvalue weighted by molar-refractivity contribution is 5.69. The molecule has 0 aromatic carbocycles. The summed E-state index contributed by atoms with van der Waals surface area (Å²) in [6.45, 7) is 7.66. The molecule has 1 amide bonds. The van der Waals surface area contributed by atoms with Gasteiger partial charge in [-0.25, -0.2) is 4.79 Å². The molecule has 2 aliphatic rings. The molecule has 0 aromatic heterocycles. The van der Waals surface area contributed by atoms with E-state index in [1.54, 1.807) is 0 Å². The van der Waals surface area contributed by atoms with Crippen LogP contribution in [0, 0.1) is 5.92 Å². The second-order valence-corrected chi connectivity index (χ2v) is 8.23. The predicted molar refractivity (Wildman–Crippen MR) is 90.0 cm³/mol. The molecule has 2 rings (SSSR count). The summed E-state index contributed by atoms with van der Waals surface area (Å²) in [5.41, 5.74) is -0.502. The number of hydrogen-bond donors (Lipinski definition) is 2. The van der Waals surface area contributed by atoms with Gasteiger partial charge in [-0.2, -0.15) is 0 Å². The van der Waals surface area contributed by atoms with E-state index in [9.17, 15) is 4.79 Å². The second kappa shape index (κ2) is 7.67. The monoisotopic (exact) mass is 310 g/mol. The zero-order valence-corrected chi connectivity index (χ0v) is 14.7. The summed E-state index contributed by atoms with van der Waals surface area (Å²) >= 11 is 0. The van der Waals surface area contributed by atoms with Crippen molar-refractivity contribution in [1.29, 1.82) is 0 Å². The molecular weight excluding hydrogens is 276 g/mol. The van der Waals surface area contributed by atoms with E-state index < -0.39 is 5.60 Å². The molecule has 2 saturated carbocycles. The number of amides is 1. The minimum atomic E-state index is -0.427. The summed E-state index contributed by atoms with van der Waals surface area (Å²) in [6, 6.07) is 0. The molecule has 2 fully saturated rings. The lowest BCUT2D eigenvalue weighted by molar-refractivity contribution is 0.0382.